The Bertz CT molecular complexity index is 380. The topological polar surface area (TPSA) is 30.5 Å². The van der Waals surface area contributed by atoms with Gasteiger partial charge in [0, 0.05) is 24.6 Å². The van der Waals surface area contributed by atoms with Gasteiger partial charge in [-0.3, -0.25) is 0 Å². The second-order valence-corrected chi connectivity index (χ2v) is 4.88. The smallest absolute Gasteiger partial charge is 0.129 e. The Morgan fingerprint density at radius 1 is 1.47 bits per heavy atom. The van der Waals surface area contributed by atoms with Crippen molar-refractivity contribution in [3.63, 3.8) is 0 Å². The van der Waals surface area contributed by atoms with Crippen LogP contribution in [0.1, 0.15) is 25.0 Å². The van der Waals surface area contributed by atoms with E-state index in [1.165, 1.54) is 6.07 Å². The van der Waals surface area contributed by atoms with Crippen molar-refractivity contribution in [3.8, 4) is 0 Å². The minimum Gasteiger partial charge on any atom is -0.381 e. The summed E-state index contributed by atoms with van der Waals surface area (Å²) in [5, 5.41) is 3.23. The van der Waals surface area contributed by atoms with Crippen LogP contribution in [0.25, 0.3) is 0 Å². The molecule has 0 aromatic heterocycles. The molecule has 0 saturated carbocycles. The van der Waals surface area contributed by atoms with E-state index in [0.717, 1.165) is 26.2 Å². The van der Waals surface area contributed by atoms with Gasteiger partial charge in [-0.2, -0.15) is 0 Å². The SMILES string of the molecule is CCNCC(OCC1CCOC1)c1ccccc1F. The summed E-state index contributed by atoms with van der Waals surface area (Å²) < 4.78 is 25.1. The van der Waals surface area contributed by atoms with Gasteiger partial charge in [0.25, 0.3) is 0 Å². The van der Waals surface area contributed by atoms with Crippen molar-refractivity contribution in [2.75, 3.05) is 32.9 Å². The third kappa shape index (κ3) is 4.27. The van der Waals surface area contributed by atoms with E-state index in [4.69, 9.17) is 9.47 Å². The van der Waals surface area contributed by atoms with Crippen LogP contribution in [0.4, 0.5) is 4.39 Å². The Balaban J connectivity index is 1.96. The molecule has 1 aliphatic heterocycles. The maximum absolute atomic E-state index is 13.8. The summed E-state index contributed by atoms with van der Waals surface area (Å²) in [7, 11) is 0. The zero-order valence-electron chi connectivity index (χ0n) is 11.4. The summed E-state index contributed by atoms with van der Waals surface area (Å²) in [4.78, 5) is 0. The lowest BCUT2D eigenvalue weighted by molar-refractivity contribution is 0.0238. The maximum atomic E-state index is 13.8. The van der Waals surface area contributed by atoms with Gasteiger partial charge in [0.15, 0.2) is 0 Å². The average Bonchev–Trinajstić information content (AvgIpc) is 2.93. The van der Waals surface area contributed by atoms with Crippen LogP contribution in [0.3, 0.4) is 0 Å². The van der Waals surface area contributed by atoms with Crippen molar-refractivity contribution in [2.24, 2.45) is 5.92 Å². The Kier molecular flexibility index (Phi) is 5.76. The Hall–Kier alpha value is -0.970. The first-order valence-corrected chi connectivity index (χ1v) is 6.95. The molecular formula is C15H22FNO2. The summed E-state index contributed by atoms with van der Waals surface area (Å²) in [6.45, 7) is 5.70. The van der Waals surface area contributed by atoms with E-state index in [2.05, 4.69) is 5.32 Å². The largest absolute Gasteiger partial charge is 0.381 e. The van der Waals surface area contributed by atoms with Gasteiger partial charge in [-0.1, -0.05) is 25.1 Å². The molecule has 0 radical (unpaired) electrons. The highest BCUT2D eigenvalue weighted by molar-refractivity contribution is 5.20. The average molecular weight is 267 g/mol. The molecule has 0 spiro atoms. The number of nitrogens with one attached hydrogen (secondary N) is 1. The van der Waals surface area contributed by atoms with Gasteiger partial charge in [-0.25, -0.2) is 4.39 Å². The van der Waals surface area contributed by atoms with Gasteiger partial charge in [-0.05, 0) is 19.0 Å². The van der Waals surface area contributed by atoms with E-state index in [1.54, 1.807) is 12.1 Å². The van der Waals surface area contributed by atoms with Crippen molar-refractivity contribution in [2.45, 2.75) is 19.4 Å². The number of benzene rings is 1. The van der Waals surface area contributed by atoms with Crippen molar-refractivity contribution in [3.05, 3.63) is 35.6 Å². The first-order chi connectivity index (χ1) is 9.31. The summed E-state index contributed by atoms with van der Waals surface area (Å²) in [6, 6.07) is 6.83. The molecule has 4 heteroatoms. The molecule has 2 unspecified atom stereocenters. The molecule has 3 nitrogen and oxygen atoms in total. The van der Waals surface area contributed by atoms with E-state index < -0.39 is 0 Å². The number of hydrogen-bond acceptors (Lipinski definition) is 3. The first-order valence-electron chi connectivity index (χ1n) is 6.95. The fourth-order valence-corrected chi connectivity index (χ4v) is 2.24. The Labute approximate surface area is 114 Å². The van der Waals surface area contributed by atoms with Gasteiger partial charge in [-0.15, -0.1) is 0 Å². The third-order valence-electron chi connectivity index (χ3n) is 3.39. The lowest BCUT2D eigenvalue weighted by atomic mass is 10.1. The van der Waals surface area contributed by atoms with Gasteiger partial charge in [0.1, 0.15) is 5.82 Å². The van der Waals surface area contributed by atoms with Crippen molar-refractivity contribution in [1.29, 1.82) is 0 Å². The molecule has 19 heavy (non-hydrogen) atoms. The normalized spacial score (nSPS) is 20.6. The van der Waals surface area contributed by atoms with Crippen LogP contribution in [0, 0.1) is 11.7 Å². The molecule has 0 bridgehead atoms. The number of hydrogen-bond donors (Lipinski definition) is 1. The van der Waals surface area contributed by atoms with Crippen LogP contribution in [0.15, 0.2) is 24.3 Å². The van der Waals surface area contributed by atoms with Crippen molar-refractivity contribution >= 4 is 0 Å². The van der Waals surface area contributed by atoms with Gasteiger partial charge < -0.3 is 14.8 Å². The lowest BCUT2D eigenvalue weighted by Crippen LogP contribution is -2.25. The second-order valence-electron chi connectivity index (χ2n) is 4.88. The number of ether oxygens (including phenoxy) is 2. The predicted octanol–water partition coefficient (Wildman–Crippen LogP) is 2.53. The molecule has 1 fully saturated rings. The standard InChI is InChI=1S/C15H22FNO2/c1-2-17-9-15(13-5-3-4-6-14(13)16)19-11-12-7-8-18-10-12/h3-6,12,15,17H,2,7-11H2,1H3. The molecule has 1 aromatic rings. The molecule has 1 heterocycles. The van der Waals surface area contributed by atoms with E-state index in [-0.39, 0.29) is 11.9 Å². The number of likely N-dealkylation sites (N-methyl/N-ethyl adjacent to an activating group) is 1. The van der Waals surface area contributed by atoms with Crippen LogP contribution in [-0.4, -0.2) is 32.9 Å². The first kappa shape index (κ1) is 14.4. The van der Waals surface area contributed by atoms with Crippen molar-refractivity contribution in [1.82, 2.24) is 5.32 Å². The van der Waals surface area contributed by atoms with Crippen molar-refractivity contribution < 1.29 is 13.9 Å². The highest BCUT2D eigenvalue weighted by Gasteiger charge is 2.20. The van der Waals surface area contributed by atoms with Gasteiger partial charge in [0.2, 0.25) is 0 Å². The van der Waals surface area contributed by atoms with Crippen LogP contribution in [0.2, 0.25) is 0 Å². The van der Waals surface area contributed by atoms with Gasteiger partial charge in [0.05, 0.1) is 19.3 Å². The fourth-order valence-electron chi connectivity index (χ4n) is 2.24. The molecule has 1 aromatic carbocycles. The number of rotatable bonds is 7. The van der Waals surface area contributed by atoms with Crippen LogP contribution < -0.4 is 5.32 Å². The minimum atomic E-state index is -0.234. The molecule has 2 rings (SSSR count). The lowest BCUT2D eigenvalue weighted by Gasteiger charge is -2.21. The van der Waals surface area contributed by atoms with E-state index >= 15 is 0 Å². The highest BCUT2D eigenvalue weighted by Crippen LogP contribution is 2.22. The molecular weight excluding hydrogens is 245 g/mol. The predicted molar refractivity (Wildman–Crippen MR) is 72.6 cm³/mol. The molecule has 1 N–H and O–H groups in total. The van der Waals surface area contributed by atoms with Crippen LogP contribution >= 0.6 is 0 Å². The third-order valence-corrected chi connectivity index (χ3v) is 3.39. The molecule has 0 aliphatic carbocycles. The molecule has 0 amide bonds. The fraction of sp³-hybridized carbons (Fsp3) is 0.600. The quantitative estimate of drug-likeness (QED) is 0.823. The van der Waals surface area contributed by atoms with E-state index in [1.807, 2.05) is 13.0 Å². The van der Waals surface area contributed by atoms with Crippen LogP contribution in [-0.2, 0) is 9.47 Å². The molecule has 2 atom stereocenters. The summed E-state index contributed by atoms with van der Waals surface area (Å²) >= 11 is 0. The molecule has 1 aliphatic rings. The minimum absolute atomic E-state index is 0.201. The second kappa shape index (κ2) is 7.58. The Morgan fingerprint density at radius 3 is 3.00 bits per heavy atom. The van der Waals surface area contributed by atoms with E-state index in [9.17, 15) is 4.39 Å². The summed E-state index contributed by atoms with van der Waals surface area (Å²) in [5.41, 5.74) is 0.627. The number of halogens is 1. The molecule has 1 saturated heterocycles. The maximum Gasteiger partial charge on any atom is 0.129 e. The molecule has 106 valence electrons. The van der Waals surface area contributed by atoms with Crippen LogP contribution in [0.5, 0.6) is 0 Å². The van der Waals surface area contributed by atoms with Gasteiger partial charge >= 0.3 is 0 Å². The monoisotopic (exact) mass is 267 g/mol. The summed E-state index contributed by atoms with van der Waals surface area (Å²) in [5.74, 6) is 0.240. The Morgan fingerprint density at radius 2 is 2.32 bits per heavy atom. The zero-order chi connectivity index (χ0) is 13.5. The zero-order valence-corrected chi connectivity index (χ0v) is 11.4. The summed E-state index contributed by atoms with van der Waals surface area (Å²) in [6.07, 6.45) is 0.798. The highest BCUT2D eigenvalue weighted by atomic mass is 19.1. The van der Waals surface area contributed by atoms with E-state index in [0.29, 0.717) is 24.6 Å².